The molecular formula is C16H15F2NO. The SMILES string of the molecule is CC(C(=O)c1cccc(F)c1F)C(N)c1ccccc1. The highest BCUT2D eigenvalue weighted by Gasteiger charge is 2.26. The summed E-state index contributed by atoms with van der Waals surface area (Å²) in [7, 11) is 0. The molecule has 0 fully saturated rings. The smallest absolute Gasteiger partial charge is 0.170 e. The molecule has 20 heavy (non-hydrogen) atoms. The van der Waals surface area contributed by atoms with Crippen LogP contribution in [0.15, 0.2) is 48.5 Å². The van der Waals surface area contributed by atoms with Crippen LogP contribution < -0.4 is 5.73 Å². The van der Waals surface area contributed by atoms with Gasteiger partial charge < -0.3 is 5.73 Å². The molecule has 4 heteroatoms. The number of hydrogen-bond acceptors (Lipinski definition) is 2. The van der Waals surface area contributed by atoms with Crippen LogP contribution in [-0.4, -0.2) is 5.78 Å². The van der Waals surface area contributed by atoms with Crippen LogP contribution in [0.25, 0.3) is 0 Å². The summed E-state index contributed by atoms with van der Waals surface area (Å²) < 4.78 is 26.8. The normalized spacial score (nSPS) is 13.8. The van der Waals surface area contributed by atoms with Crippen molar-refractivity contribution in [1.29, 1.82) is 0 Å². The van der Waals surface area contributed by atoms with Crippen LogP contribution in [0.5, 0.6) is 0 Å². The van der Waals surface area contributed by atoms with Gasteiger partial charge in [0.25, 0.3) is 0 Å². The minimum absolute atomic E-state index is 0.260. The third kappa shape index (κ3) is 2.75. The summed E-state index contributed by atoms with van der Waals surface area (Å²) in [5, 5.41) is 0. The molecular weight excluding hydrogens is 260 g/mol. The molecule has 0 saturated carbocycles. The van der Waals surface area contributed by atoms with Gasteiger partial charge in [0.15, 0.2) is 17.4 Å². The van der Waals surface area contributed by atoms with Crippen LogP contribution >= 0.6 is 0 Å². The molecule has 2 nitrogen and oxygen atoms in total. The number of rotatable bonds is 4. The average molecular weight is 275 g/mol. The standard InChI is InChI=1S/C16H15F2NO/c1-10(15(19)11-6-3-2-4-7-11)16(20)12-8-5-9-13(17)14(12)18/h2-10,15H,19H2,1H3. The van der Waals surface area contributed by atoms with Gasteiger partial charge in [0.2, 0.25) is 0 Å². The van der Waals surface area contributed by atoms with Gasteiger partial charge in [0, 0.05) is 12.0 Å². The Morgan fingerprint density at radius 1 is 1.05 bits per heavy atom. The van der Waals surface area contributed by atoms with E-state index in [1.807, 2.05) is 18.2 Å². The van der Waals surface area contributed by atoms with Gasteiger partial charge in [-0.05, 0) is 17.7 Å². The Labute approximate surface area is 116 Å². The van der Waals surface area contributed by atoms with Crippen LogP contribution in [0.3, 0.4) is 0 Å². The van der Waals surface area contributed by atoms with Crippen molar-refractivity contribution in [3.63, 3.8) is 0 Å². The predicted molar refractivity (Wildman–Crippen MR) is 73.2 cm³/mol. The zero-order valence-corrected chi connectivity index (χ0v) is 11.0. The van der Waals surface area contributed by atoms with E-state index >= 15 is 0 Å². The molecule has 2 rings (SSSR count). The Kier molecular flexibility index (Phi) is 4.25. The Bertz CT molecular complexity index is 613. The van der Waals surface area contributed by atoms with Crippen molar-refractivity contribution in [3.05, 3.63) is 71.3 Å². The molecule has 0 radical (unpaired) electrons. The molecule has 2 unspecified atom stereocenters. The monoisotopic (exact) mass is 275 g/mol. The van der Waals surface area contributed by atoms with Gasteiger partial charge >= 0.3 is 0 Å². The van der Waals surface area contributed by atoms with E-state index in [1.165, 1.54) is 12.1 Å². The molecule has 0 heterocycles. The first-order valence-electron chi connectivity index (χ1n) is 6.31. The van der Waals surface area contributed by atoms with Crippen LogP contribution in [-0.2, 0) is 0 Å². The number of Topliss-reactive ketones (excluding diaryl/α,β-unsaturated/α-hetero) is 1. The molecule has 0 aliphatic carbocycles. The number of halogens is 2. The van der Waals surface area contributed by atoms with Gasteiger partial charge in [-0.2, -0.15) is 0 Å². The van der Waals surface area contributed by atoms with Crippen molar-refractivity contribution in [2.75, 3.05) is 0 Å². The maximum Gasteiger partial charge on any atom is 0.170 e. The zero-order chi connectivity index (χ0) is 14.7. The van der Waals surface area contributed by atoms with E-state index in [-0.39, 0.29) is 5.56 Å². The van der Waals surface area contributed by atoms with Crippen LogP contribution in [0.1, 0.15) is 28.9 Å². The third-order valence-electron chi connectivity index (χ3n) is 3.35. The number of benzene rings is 2. The van der Waals surface area contributed by atoms with E-state index in [0.717, 1.165) is 11.6 Å². The highest BCUT2D eigenvalue weighted by Crippen LogP contribution is 2.24. The summed E-state index contributed by atoms with van der Waals surface area (Å²) in [4.78, 5) is 12.2. The van der Waals surface area contributed by atoms with E-state index in [2.05, 4.69) is 0 Å². The second-order valence-electron chi connectivity index (χ2n) is 4.69. The number of carbonyl (C=O) groups excluding carboxylic acids is 1. The quantitative estimate of drug-likeness (QED) is 0.868. The Hall–Kier alpha value is -2.07. The first-order valence-corrected chi connectivity index (χ1v) is 6.31. The Morgan fingerprint density at radius 2 is 1.70 bits per heavy atom. The van der Waals surface area contributed by atoms with Crippen LogP contribution in [0, 0.1) is 17.6 Å². The van der Waals surface area contributed by atoms with Gasteiger partial charge in [-0.1, -0.05) is 43.3 Å². The maximum atomic E-state index is 13.6. The summed E-state index contributed by atoms with van der Waals surface area (Å²) in [6.45, 7) is 1.62. The Balaban J connectivity index is 2.27. The summed E-state index contributed by atoms with van der Waals surface area (Å²) in [5.41, 5.74) is 6.55. The molecule has 0 bridgehead atoms. The topological polar surface area (TPSA) is 43.1 Å². The van der Waals surface area contributed by atoms with E-state index in [4.69, 9.17) is 5.73 Å². The fourth-order valence-electron chi connectivity index (χ4n) is 2.07. The highest BCUT2D eigenvalue weighted by atomic mass is 19.2. The van der Waals surface area contributed by atoms with Crippen LogP contribution in [0.2, 0.25) is 0 Å². The highest BCUT2D eigenvalue weighted by molar-refractivity contribution is 5.98. The first-order chi connectivity index (χ1) is 9.52. The van der Waals surface area contributed by atoms with E-state index in [0.29, 0.717) is 0 Å². The second-order valence-corrected chi connectivity index (χ2v) is 4.69. The van der Waals surface area contributed by atoms with Crippen molar-refractivity contribution in [2.24, 2.45) is 11.7 Å². The predicted octanol–water partition coefficient (Wildman–Crippen LogP) is 3.48. The molecule has 0 saturated heterocycles. The van der Waals surface area contributed by atoms with Crippen molar-refractivity contribution in [2.45, 2.75) is 13.0 Å². The third-order valence-corrected chi connectivity index (χ3v) is 3.35. The second kappa shape index (κ2) is 5.92. The largest absolute Gasteiger partial charge is 0.323 e. The zero-order valence-electron chi connectivity index (χ0n) is 11.0. The minimum Gasteiger partial charge on any atom is -0.323 e. The fraction of sp³-hybridized carbons (Fsp3) is 0.188. The molecule has 104 valence electrons. The average Bonchev–Trinajstić information content (AvgIpc) is 2.48. The van der Waals surface area contributed by atoms with Gasteiger partial charge in [-0.15, -0.1) is 0 Å². The summed E-state index contributed by atoms with van der Waals surface area (Å²) >= 11 is 0. The lowest BCUT2D eigenvalue weighted by Gasteiger charge is -2.19. The van der Waals surface area contributed by atoms with Gasteiger partial charge in [-0.3, -0.25) is 4.79 Å². The number of ketones is 1. The lowest BCUT2D eigenvalue weighted by Crippen LogP contribution is -2.26. The summed E-state index contributed by atoms with van der Waals surface area (Å²) in [6.07, 6.45) is 0. The minimum atomic E-state index is -1.12. The molecule has 0 spiro atoms. The molecule has 2 aromatic rings. The molecule has 2 atom stereocenters. The first kappa shape index (κ1) is 14.3. The van der Waals surface area contributed by atoms with Crippen molar-refractivity contribution < 1.29 is 13.6 Å². The van der Waals surface area contributed by atoms with Gasteiger partial charge in [0.05, 0.1) is 5.56 Å². The number of hydrogen-bond donors (Lipinski definition) is 1. The number of carbonyl (C=O) groups is 1. The van der Waals surface area contributed by atoms with E-state index in [9.17, 15) is 13.6 Å². The molecule has 0 aliphatic heterocycles. The van der Waals surface area contributed by atoms with E-state index in [1.54, 1.807) is 19.1 Å². The molecule has 2 aromatic carbocycles. The Morgan fingerprint density at radius 3 is 2.35 bits per heavy atom. The van der Waals surface area contributed by atoms with Gasteiger partial charge in [0.1, 0.15) is 0 Å². The molecule has 2 N–H and O–H groups in total. The molecule has 0 aliphatic rings. The van der Waals surface area contributed by atoms with Crippen LogP contribution in [0.4, 0.5) is 8.78 Å². The summed E-state index contributed by atoms with van der Waals surface area (Å²) in [6, 6.07) is 12.1. The number of nitrogens with two attached hydrogens (primary N) is 1. The molecule has 0 aromatic heterocycles. The van der Waals surface area contributed by atoms with Crippen molar-refractivity contribution in [3.8, 4) is 0 Å². The maximum absolute atomic E-state index is 13.6. The summed E-state index contributed by atoms with van der Waals surface area (Å²) in [5.74, 6) is -3.30. The van der Waals surface area contributed by atoms with Crippen molar-refractivity contribution >= 4 is 5.78 Å². The van der Waals surface area contributed by atoms with Crippen molar-refractivity contribution in [1.82, 2.24) is 0 Å². The lowest BCUT2D eigenvalue weighted by atomic mass is 9.88. The lowest BCUT2D eigenvalue weighted by molar-refractivity contribution is 0.0907. The van der Waals surface area contributed by atoms with Gasteiger partial charge in [-0.25, -0.2) is 8.78 Å². The molecule has 0 amide bonds. The fourth-order valence-corrected chi connectivity index (χ4v) is 2.07. The van der Waals surface area contributed by atoms with E-state index < -0.39 is 29.4 Å².